The van der Waals surface area contributed by atoms with Crippen molar-refractivity contribution in [3.63, 3.8) is 0 Å². The van der Waals surface area contributed by atoms with E-state index in [-0.39, 0.29) is 18.4 Å². The van der Waals surface area contributed by atoms with Crippen molar-refractivity contribution in [2.24, 2.45) is 5.92 Å². The largest absolute Gasteiger partial charge is 0.345 e. The lowest BCUT2D eigenvalue weighted by Gasteiger charge is -2.19. The maximum absolute atomic E-state index is 12.0. The van der Waals surface area contributed by atoms with Gasteiger partial charge in [-0.05, 0) is 18.8 Å². The molecule has 2 atom stereocenters. The van der Waals surface area contributed by atoms with Gasteiger partial charge in [0.15, 0.2) is 0 Å². The smallest absolute Gasteiger partial charge is 0.243 e. The zero-order valence-electron chi connectivity index (χ0n) is 13.8. The average Bonchev–Trinajstić information content (AvgIpc) is 2.42. The number of nitrogens with one attached hydrogen (secondary N) is 3. The Labute approximate surface area is 131 Å². The topological polar surface area (TPSA) is 104 Å². The van der Waals surface area contributed by atoms with Crippen molar-refractivity contribution < 1.29 is 19.2 Å². The van der Waals surface area contributed by atoms with E-state index in [4.69, 9.17) is 0 Å². The standard InChI is InChI=1S/C15H27N3O4/c1-5-6-12(9-19)18-14(21)8-16-15(22)13(7-10(2)3)17-11(4)20/h9-10,12-13H,5-8H2,1-4H3,(H,16,22)(H,17,20)(H,18,21)/t12-,13-/m0/s1. The fourth-order valence-corrected chi connectivity index (χ4v) is 1.98. The highest BCUT2D eigenvalue weighted by Crippen LogP contribution is 2.04. The number of aldehydes is 1. The monoisotopic (exact) mass is 313 g/mol. The van der Waals surface area contributed by atoms with Crippen LogP contribution in [0.25, 0.3) is 0 Å². The van der Waals surface area contributed by atoms with Crippen molar-refractivity contribution in [2.75, 3.05) is 6.54 Å². The van der Waals surface area contributed by atoms with E-state index in [0.717, 1.165) is 6.42 Å². The summed E-state index contributed by atoms with van der Waals surface area (Å²) in [5, 5.41) is 7.59. The minimum Gasteiger partial charge on any atom is -0.345 e. The summed E-state index contributed by atoms with van der Waals surface area (Å²) in [6.07, 6.45) is 2.50. The van der Waals surface area contributed by atoms with Gasteiger partial charge in [-0.15, -0.1) is 0 Å². The summed E-state index contributed by atoms with van der Waals surface area (Å²) in [4.78, 5) is 45.6. The number of rotatable bonds is 10. The third-order valence-electron chi connectivity index (χ3n) is 2.93. The molecule has 0 spiro atoms. The summed E-state index contributed by atoms with van der Waals surface area (Å²) in [6.45, 7) is 6.91. The Balaban J connectivity index is 4.39. The quantitative estimate of drug-likeness (QED) is 0.499. The summed E-state index contributed by atoms with van der Waals surface area (Å²) >= 11 is 0. The molecule has 0 saturated heterocycles. The third-order valence-corrected chi connectivity index (χ3v) is 2.93. The molecule has 22 heavy (non-hydrogen) atoms. The molecule has 0 aromatic carbocycles. The fourth-order valence-electron chi connectivity index (χ4n) is 1.98. The number of hydrogen-bond acceptors (Lipinski definition) is 4. The van der Waals surface area contributed by atoms with Gasteiger partial charge in [0.1, 0.15) is 12.3 Å². The van der Waals surface area contributed by atoms with Crippen molar-refractivity contribution in [2.45, 2.75) is 59.0 Å². The molecule has 7 nitrogen and oxygen atoms in total. The summed E-state index contributed by atoms with van der Waals surface area (Å²) in [7, 11) is 0. The molecule has 0 aromatic rings. The van der Waals surface area contributed by atoms with Crippen LogP contribution in [0.15, 0.2) is 0 Å². The molecule has 3 amide bonds. The molecule has 0 aliphatic carbocycles. The van der Waals surface area contributed by atoms with Gasteiger partial charge in [-0.1, -0.05) is 27.2 Å². The molecule has 0 aliphatic heterocycles. The van der Waals surface area contributed by atoms with Crippen molar-refractivity contribution in [3.8, 4) is 0 Å². The molecular formula is C15H27N3O4. The Kier molecular flexibility index (Phi) is 9.82. The second-order valence-electron chi connectivity index (χ2n) is 5.70. The third kappa shape index (κ3) is 9.10. The van der Waals surface area contributed by atoms with Crippen LogP contribution in [-0.4, -0.2) is 42.6 Å². The van der Waals surface area contributed by atoms with Gasteiger partial charge in [-0.3, -0.25) is 14.4 Å². The van der Waals surface area contributed by atoms with E-state index in [1.165, 1.54) is 6.92 Å². The summed E-state index contributed by atoms with van der Waals surface area (Å²) in [5.41, 5.74) is 0. The van der Waals surface area contributed by atoms with E-state index in [1.54, 1.807) is 0 Å². The first-order chi connectivity index (χ1) is 10.3. The van der Waals surface area contributed by atoms with Crippen LogP contribution in [0.2, 0.25) is 0 Å². The van der Waals surface area contributed by atoms with Crippen molar-refractivity contribution in [1.29, 1.82) is 0 Å². The highest BCUT2D eigenvalue weighted by Gasteiger charge is 2.21. The van der Waals surface area contributed by atoms with Crippen LogP contribution >= 0.6 is 0 Å². The van der Waals surface area contributed by atoms with E-state index in [2.05, 4.69) is 16.0 Å². The molecule has 0 saturated carbocycles. The molecule has 0 aromatic heterocycles. The summed E-state index contributed by atoms with van der Waals surface area (Å²) in [5.74, 6) is -0.906. The van der Waals surface area contributed by atoms with Gasteiger partial charge in [-0.25, -0.2) is 0 Å². The SMILES string of the molecule is CCC[C@@H](C=O)NC(=O)CNC(=O)[C@H](CC(C)C)NC(C)=O. The van der Waals surface area contributed by atoms with E-state index < -0.39 is 23.9 Å². The Hall–Kier alpha value is -1.92. The van der Waals surface area contributed by atoms with E-state index in [9.17, 15) is 19.2 Å². The van der Waals surface area contributed by atoms with Gasteiger partial charge >= 0.3 is 0 Å². The minimum absolute atomic E-state index is 0.221. The van der Waals surface area contributed by atoms with Crippen molar-refractivity contribution in [3.05, 3.63) is 0 Å². The highest BCUT2D eigenvalue weighted by molar-refractivity contribution is 5.90. The van der Waals surface area contributed by atoms with Gasteiger partial charge in [0.05, 0.1) is 12.6 Å². The van der Waals surface area contributed by atoms with Crippen molar-refractivity contribution in [1.82, 2.24) is 16.0 Å². The Morgan fingerprint density at radius 1 is 1.14 bits per heavy atom. The van der Waals surface area contributed by atoms with Crippen LogP contribution in [-0.2, 0) is 19.2 Å². The van der Waals surface area contributed by atoms with Gasteiger partial charge < -0.3 is 20.7 Å². The summed E-state index contributed by atoms with van der Waals surface area (Å²) in [6, 6.07) is -1.20. The average molecular weight is 313 g/mol. The number of hydrogen-bond donors (Lipinski definition) is 3. The Morgan fingerprint density at radius 2 is 1.77 bits per heavy atom. The van der Waals surface area contributed by atoms with Crippen molar-refractivity contribution >= 4 is 24.0 Å². The molecule has 3 N–H and O–H groups in total. The van der Waals surface area contributed by atoms with Crippen LogP contribution in [0.1, 0.15) is 47.0 Å². The summed E-state index contributed by atoms with van der Waals surface area (Å²) < 4.78 is 0. The molecule has 0 heterocycles. The van der Waals surface area contributed by atoms with Gasteiger partial charge in [0.2, 0.25) is 17.7 Å². The zero-order valence-corrected chi connectivity index (χ0v) is 13.8. The lowest BCUT2D eigenvalue weighted by Crippen LogP contribution is -2.50. The Morgan fingerprint density at radius 3 is 2.23 bits per heavy atom. The Bertz CT molecular complexity index is 396. The van der Waals surface area contributed by atoms with E-state index >= 15 is 0 Å². The molecule has 0 rings (SSSR count). The number of carbonyl (C=O) groups is 4. The maximum atomic E-state index is 12.0. The van der Waals surface area contributed by atoms with Crippen LogP contribution in [0.5, 0.6) is 0 Å². The molecule has 0 unspecified atom stereocenters. The molecule has 0 fully saturated rings. The van der Waals surface area contributed by atoms with Gasteiger partial charge in [0, 0.05) is 6.92 Å². The van der Waals surface area contributed by atoms with Gasteiger partial charge in [-0.2, -0.15) is 0 Å². The molecule has 7 heteroatoms. The molecule has 0 bridgehead atoms. The fraction of sp³-hybridized carbons (Fsp3) is 0.733. The lowest BCUT2D eigenvalue weighted by molar-refractivity contribution is -0.130. The number of carbonyl (C=O) groups excluding carboxylic acids is 4. The van der Waals surface area contributed by atoms with Crippen LogP contribution in [0.4, 0.5) is 0 Å². The van der Waals surface area contributed by atoms with Gasteiger partial charge in [0.25, 0.3) is 0 Å². The second kappa shape index (κ2) is 10.8. The number of amides is 3. The highest BCUT2D eigenvalue weighted by atomic mass is 16.2. The second-order valence-corrected chi connectivity index (χ2v) is 5.70. The van der Waals surface area contributed by atoms with E-state index in [1.807, 2.05) is 20.8 Å². The zero-order chi connectivity index (χ0) is 17.1. The first-order valence-electron chi connectivity index (χ1n) is 7.59. The van der Waals surface area contributed by atoms with Crippen LogP contribution < -0.4 is 16.0 Å². The molecule has 126 valence electrons. The first-order valence-corrected chi connectivity index (χ1v) is 7.59. The lowest BCUT2D eigenvalue weighted by atomic mass is 10.0. The van der Waals surface area contributed by atoms with E-state index in [0.29, 0.717) is 19.1 Å². The maximum Gasteiger partial charge on any atom is 0.243 e. The van der Waals surface area contributed by atoms with Crippen LogP contribution in [0, 0.1) is 5.92 Å². The first kappa shape index (κ1) is 20.1. The predicted molar refractivity (Wildman–Crippen MR) is 83.0 cm³/mol. The normalized spacial score (nSPS) is 13.1. The molecular weight excluding hydrogens is 286 g/mol. The molecule has 0 aliphatic rings. The minimum atomic E-state index is -0.664. The molecule has 0 radical (unpaired) electrons. The predicted octanol–water partition coefficient (Wildman–Crippen LogP) is 0.137. The van der Waals surface area contributed by atoms with Crippen LogP contribution in [0.3, 0.4) is 0 Å².